The minimum Gasteiger partial charge on any atom is -0.490 e. The molecule has 0 unspecified atom stereocenters. The Balaban J connectivity index is 1.41. The predicted octanol–water partition coefficient (Wildman–Crippen LogP) is 7.99. The average molecular weight is 497 g/mol. The highest BCUT2D eigenvalue weighted by atomic mass is 19.2. The van der Waals surface area contributed by atoms with Crippen LogP contribution < -0.4 is 4.74 Å². The van der Waals surface area contributed by atoms with Crippen molar-refractivity contribution in [2.45, 2.75) is 51.9 Å². The first-order chi connectivity index (χ1) is 17.5. The Bertz CT molecular complexity index is 1300. The summed E-state index contributed by atoms with van der Waals surface area (Å²) in [5.41, 5.74) is 1.42. The minimum atomic E-state index is -1.50. The molecule has 1 heterocycles. The van der Waals surface area contributed by atoms with Gasteiger partial charge in [0, 0.05) is 10.9 Å². The van der Waals surface area contributed by atoms with Crippen molar-refractivity contribution in [2.24, 2.45) is 0 Å². The van der Waals surface area contributed by atoms with E-state index in [1.54, 1.807) is 36.7 Å². The van der Waals surface area contributed by atoms with Gasteiger partial charge in [-0.15, -0.1) is 0 Å². The molecule has 0 aliphatic carbocycles. The molecule has 7 heteroatoms. The van der Waals surface area contributed by atoms with E-state index in [0.717, 1.165) is 30.5 Å². The van der Waals surface area contributed by atoms with Crippen molar-refractivity contribution >= 4 is 10.8 Å². The molecule has 0 atom stereocenters. The van der Waals surface area contributed by atoms with E-state index in [1.807, 2.05) is 6.07 Å². The topological polar surface area (TPSA) is 35.0 Å². The van der Waals surface area contributed by atoms with E-state index in [4.69, 9.17) is 4.74 Å². The molecule has 188 valence electrons. The van der Waals surface area contributed by atoms with E-state index < -0.39 is 23.3 Å². The summed E-state index contributed by atoms with van der Waals surface area (Å²) in [6, 6.07) is 10.6. The maximum absolute atomic E-state index is 15.1. The van der Waals surface area contributed by atoms with Gasteiger partial charge in [-0.25, -0.2) is 27.5 Å². The highest BCUT2D eigenvalue weighted by Gasteiger charge is 2.13. The SMILES string of the molecule is CCCCCCCOc1cnc(-c2ccc3c(F)c(CCc4cc(F)c(F)c(F)c4)ccc3c2)nc1. The van der Waals surface area contributed by atoms with Crippen LogP contribution in [0.15, 0.2) is 54.9 Å². The molecule has 0 fully saturated rings. The van der Waals surface area contributed by atoms with Crippen LogP contribution in [-0.2, 0) is 12.8 Å². The molecule has 0 aliphatic heterocycles. The molecule has 0 saturated heterocycles. The summed E-state index contributed by atoms with van der Waals surface area (Å²) in [5, 5.41) is 1.11. The number of halogens is 4. The summed E-state index contributed by atoms with van der Waals surface area (Å²) in [6.45, 7) is 2.82. The summed E-state index contributed by atoms with van der Waals surface area (Å²) in [7, 11) is 0. The molecule has 0 radical (unpaired) electrons. The largest absolute Gasteiger partial charge is 0.490 e. The quantitative estimate of drug-likeness (QED) is 0.120. The molecular weight excluding hydrogens is 468 g/mol. The van der Waals surface area contributed by atoms with Gasteiger partial charge in [0.15, 0.2) is 29.0 Å². The molecule has 0 aliphatic rings. The normalized spacial score (nSPS) is 11.2. The van der Waals surface area contributed by atoms with Gasteiger partial charge in [0.05, 0.1) is 19.0 Å². The average Bonchev–Trinajstić information content (AvgIpc) is 2.89. The zero-order chi connectivity index (χ0) is 25.5. The van der Waals surface area contributed by atoms with Crippen molar-refractivity contribution in [1.82, 2.24) is 9.97 Å². The Morgan fingerprint density at radius 3 is 2.19 bits per heavy atom. The van der Waals surface area contributed by atoms with Crippen LogP contribution in [0.1, 0.15) is 50.2 Å². The second-order valence-corrected chi connectivity index (χ2v) is 8.85. The molecule has 3 aromatic carbocycles. The standard InChI is InChI=1S/C29H28F4N2O/c1-2-3-4-5-6-13-36-23-17-34-29(35-18-23)22-11-12-24-21(16-22)10-9-20(27(24)32)8-7-19-14-25(30)28(33)26(31)15-19/h9-12,14-18H,2-8,13H2,1H3. The summed E-state index contributed by atoms with van der Waals surface area (Å²) in [5.74, 6) is -3.27. The van der Waals surface area contributed by atoms with Crippen LogP contribution in [0.3, 0.4) is 0 Å². The zero-order valence-corrected chi connectivity index (χ0v) is 20.2. The van der Waals surface area contributed by atoms with Crippen LogP contribution >= 0.6 is 0 Å². The van der Waals surface area contributed by atoms with Gasteiger partial charge < -0.3 is 4.74 Å². The third-order valence-electron chi connectivity index (χ3n) is 6.16. The molecule has 0 spiro atoms. The monoisotopic (exact) mass is 496 g/mol. The number of unbranched alkanes of at least 4 members (excludes halogenated alkanes) is 4. The van der Waals surface area contributed by atoms with Gasteiger partial charge in [0.2, 0.25) is 0 Å². The van der Waals surface area contributed by atoms with Crippen molar-refractivity contribution in [2.75, 3.05) is 6.61 Å². The van der Waals surface area contributed by atoms with Gasteiger partial charge in [-0.05, 0) is 54.0 Å². The fraction of sp³-hybridized carbons (Fsp3) is 0.310. The Morgan fingerprint density at radius 2 is 1.47 bits per heavy atom. The van der Waals surface area contributed by atoms with Gasteiger partial charge in [0.25, 0.3) is 0 Å². The second kappa shape index (κ2) is 12.0. The molecule has 3 nitrogen and oxygen atoms in total. The molecular formula is C29H28F4N2O. The zero-order valence-electron chi connectivity index (χ0n) is 20.2. The fourth-order valence-corrected chi connectivity index (χ4v) is 4.14. The van der Waals surface area contributed by atoms with E-state index in [0.29, 0.717) is 34.5 Å². The van der Waals surface area contributed by atoms with E-state index in [-0.39, 0.29) is 18.4 Å². The molecule has 0 N–H and O–H groups in total. The van der Waals surface area contributed by atoms with E-state index in [9.17, 15) is 13.2 Å². The first-order valence-electron chi connectivity index (χ1n) is 12.3. The minimum absolute atomic E-state index is 0.176. The third kappa shape index (κ3) is 6.20. The summed E-state index contributed by atoms with van der Waals surface area (Å²) >= 11 is 0. The maximum Gasteiger partial charge on any atom is 0.194 e. The number of fused-ring (bicyclic) bond motifs is 1. The lowest BCUT2D eigenvalue weighted by Gasteiger charge is -2.09. The first kappa shape index (κ1) is 25.6. The van der Waals surface area contributed by atoms with Crippen LogP contribution in [0.5, 0.6) is 5.75 Å². The van der Waals surface area contributed by atoms with Crippen LogP contribution in [0.4, 0.5) is 17.6 Å². The van der Waals surface area contributed by atoms with Gasteiger partial charge >= 0.3 is 0 Å². The Labute approximate surface area is 208 Å². The van der Waals surface area contributed by atoms with E-state index >= 15 is 4.39 Å². The number of benzene rings is 3. The summed E-state index contributed by atoms with van der Waals surface area (Å²) in [6.07, 6.45) is 9.49. The fourth-order valence-electron chi connectivity index (χ4n) is 4.14. The number of rotatable bonds is 11. The van der Waals surface area contributed by atoms with E-state index in [2.05, 4.69) is 16.9 Å². The van der Waals surface area contributed by atoms with Crippen molar-refractivity contribution in [3.63, 3.8) is 0 Å². The Kier molecular flexibility index (Phi) is 8.52. The van der Waals surface area contributed by atoms with Crippen molar-refractivity contribution in [3.05, 3.63) is 89.3 Å². The molecule has 4 rings (SSSR count). The smallest absolute Gasteiger partial charge is 0.194 e. The number of hydrogen-bond acceptors (Lipinski definition) is 3. The predicted molar refractivity (Wildman–Crippen MR) is 133 cm³/mol. The molecule has 36 heavy (non-hydrogen) atoms. The van der Waals surface area contributed by atoms with Crippen LogP contribution in [0.2, 0.25) is 0 Å². The number of ether oxygens (including phenoxy) is 1. The Hall–Kier alpha value is -3.48. The number of aryl methyl sites for hydroxylation is 2. The Morgan fingerprint density at radius 1 is 0.750 bits per heavy atom. The van der Waals surface area contributed by atoms with Crippen LogP contribution in [0, 0.1) is 23.3 Å². The molecule has 0 bridgehead atoms. The van der Waals surface area contributed by atoms with Crippen LogP contribution in [0.25, 0.3) is 22.2 Å². The lowest BCUT2D eigenvalue weighted by atomic mass is 9.99. The lowest BCUT2D eigenvalue weighted by Crippen LogP contribution is -2.00. The van der Waals surface area contributed by atoms with Gasteiger partial charge in [0.1, 0.15) is 5.82 Å². The highest BCUT2D eigenvalue weighted by molar-refractivity contribution is 5.87. The number of nitrogens with zero attached hydrogens (tertiary/aromatic N) is 2. The number of hydrogen-bond donors (Lipinski definition) is 0. The third-order valence-corrected chi connectivity index (χ3v) is 6.16. The molecule has 0 saturated carbocycles. The van der Waals surface area contributed by atoms with Crippen molar-refractivity contribution in [3.8, 4) is 17.1 Å². The second-order valence-electron chi connectivity index (χ2n) is 8.85. The van der Waals surface area contributed by atoms with Crippen molar-refractivity contribution < 1.29 is 22.3 Å². The first-order valence-corrected chi connectivity index (χ1v) is 12.3. The van der Waals surface area contributed by atoms with Gasteiger partial charge in [-0.2, -0.15) is 0 Å². The van der Waals surface area contributed by atoms with Crippen molar-refractivity contribution in [1.29, 1.82) is 0 Å². The lowest BCUT2D eigenvalue weighted by molar-refractivity contribution is 0.302. The summed E-state index contributed by atoms with van der Waals surface area (Å²) in [4.78, 5) is 8.78. The number of aromatic nitrogens is 2. The van der Waals surface area contributed by atoms with Gasteiger partial charge in [-0.3, -0.25) is 0 Å². The highest BCUT2D eigenvalue weighted by Crippen LogP contribution is 2.27. The summed E-state index contributed by atoms with van der Waals surface area (Å²) < 4.78 is 60.9. The van der Waals surface area contributed by atoms with Gasteiger partial charge in [-0.1, -0.05) is 56.9 Å². The molecule has 0 amide bonds. The van der Waals surface area contributed by atoms with E-state index in [1.165, 1.54) is 19.3 Å². The molecule has 1 aromatic heterocycles. The molecule has 4 aromatic rings. The van der Waals surface area contributed by atoms with Crippen LogP contribution in [-0.4, -0.2) is 16.6 Å². The maximum atomic E-state index is 15.1.